The van der Waals surface area contributed by atoms with E-state index < -0.39 is 0 Å². The topological polar surface area (TPSA) is 50.6 Å². The Morgan fingerprint density at radius 1 is 1.10 bits per heavy atom. The molecule has 0 saturated heterocycles. The number of ether oxygens (including phenoxy) is 1. The van der Waals surface area contributed by atoms with E-state index in [9.17, 15) is 4.79 Å². The number of rotatable bonds is 9. The van der Waals surface area contributed by atoms with Gasteiger partial charge in [-0.15, -0.1) is 0 Å². The number of nitrogens with zero attached hydrogens (tertiary/aromatic N) is 4. The van der Waals surface area contributed by atoms with Gasteiger partial charge in [-0.1, -0.05) is 41.9 Å². The van der Waals surface area contributed by atoms with Crippen molar-refractivity contribution < 1.29 is 9.53 Å². The molecule has 0 radical (unpaired) electrons. The highest BCUT2D eigenvalue weighted by Crippen LogP contribution is 2.26. The van der Waals surface area contributed by atoms with Crippen molar-refractivity contribution in [1.82, 2.24) is 19.6 Å². The zero-order chi connectivity index (χ0) is 21.5. The number of carbonyl (C=O) groups is 1. The lowest BCUT2D eigenvalue weighted by molar-refractivity contribution is -0.130. The van der Waals surface area contributed by atoms with Gasteiger partial charge in [0.2, 0.25) is 5.91 Å². The summed E-state index contributed by atoms with van der Waals surface area (Å²) in [6, 6.07) is 17.6. The molecule has 0 saturated carbocycles. The molecule has 0 N–H and O–H groups in total. The lowest BCUT2D eigenvalue weighted by Gasteiger charge is -2.23. The van der Waals surface area contributed by atoms with Crippen LogP contribution in [0.4, 0.5) is 0 Å². The summed E-state index contributed by atoms with van der Waals surface area (Å²) in [7, 11) is 5.20. The number of amides is 1. The second-order valence-corrected chi connectivity index (χ2v) is 7.72. The standard InChI is InChI=1S/C23H27ClN4O2/c1-26(2)22(29)17-27(13-14-30-3)15-19-16-28(21-7-5-4-6-8-21)25-23(19)18-9-11-20(24)12-10-18/h4-12,16H,13-15,17H2,1-3H3. The molecule has 0 bridgehead atoms. The van der Waals surface area contributed by atoms with E-state index in [2.05, 4.69) is 4.90 Å². The van der Waals surface area contributed by atoms with Gasteiger partial charge in [0, 0.05) is 56.6 Å². The van der Waals surface area contributed by atoms with Crippen molar-refractivity contribution in [2.24, 2.45) is 0 Å². The zero-order valence-corrected chi connectivity index (χ0v) is 18.3. The zero-order valence-electron chi connectivity index (χ0n) is 17.6. The van der Waals surface area contributed by atoms with Crippen LogP contribution in [-0.4, -0.2) is 66.4 Å². The van der Waals surface area contributed by atoms with Gasteiger partial charge in [-0.3, -0.25) is 9.69 Å². The highest BCUT2D eigenvalue weighted by Gasteiger charge is 2.18. The number of hydrogen-bond acceptors (Lipinski definition) is 4. The van der Waals surface area contributed by atoms with Crippen LogP contribution in [-0.2, 0) is 16.1 Å². The molecule has 7 heteroatoms. The summed E-state index contributed by atoms with van der Waals surface area (Å²) in [5.74, 6) is 0.0506. The van der Waals surface area contributed by atoms with Gasteiger partial charge in [-0.05, 0) is 24.3 Å². The molecule has 30 heavy (non-hydrogen) atoms. The summed E-state index contributed by atoms with van der Waals surface area (Å²) in [5, 5.41) is 5.53. The average Bonchev–Trinajstić information content (AvgIpc) is 3.16. The number of likely N-dealkylation sites (N-methyl/N-ethyl adjacent to an activating group) is 1. The van der Waals surface area contributed by atoms with Crippen molar-refractivity contribution in [2.45, 2.75) is 6.54 Å². The predicted molar refractivity (Wildman–Crippen MR) is 120 cm³/mol. The summed E-state index contributed by atoms with van der Waals surface area (Å²) in [5.41, 5.74) is 3.86. The maximum Gasteiger partial charge on any atom is 0.236 e. The fraction of sp³-hybridized carbons (Fsp3) is 0.304. The van der Waals surface area contributed by atoms with Crippen LogP contribution >= 0.6 is 11.6 Å². The van der Waals surface area contributed by atoms with E-state index in [1.54, 1.807) is 26.1 Å². The second kappa shape index (κ2) is 10.4. The summed E-state index contributed by atoms with van der Waals surface area (Å²) >= 11 is 6.08. The van der Waals surface area contributed by atoms with Crippen LogP contribution in [0.2, 0.25) is 5.02 Å². The first-order valence-corrected chi connectivity index (χ1v) is 10.2. The monoisotopic (exact) mass is 426 g/mol. The smallest absolute Gasteiger partial charge is 0.236 e. The van der Waals surface area contributed by atoms with E-state index in [4.69, 9.17) is 21.4 Å². The van der Waals surface area contributed by atoms with Crippen molar-refractivity contribution in [1.29, 1.82) is 0 Å². The van der Waals surface area contributed by atoms with Crippen LogP contribution in [0.1, 0.15) is 5.56 Å². The van der Waals surface area contributed by atoms with Crippen LogP contribution in [0.3, 0.4) is 0 Å². The Balaban J connectivity index is 1.96. The molecular weight excluding hydrogens is 400 g/mol. The third-order valence-corrected chi connectivity index (χ3v) is 5.04. The van der Waals surface area contributed by atoms with E-state index in [1.807, 2.05) is 65.5 Å². The highest BCUT2D eigenvalue weighted by atomic mass is 35.5. The maximum absolute atomic E-state index is 12.3. The number of aromatic nitrogens is 2. The van der Waals surface area contributed by atoms with E-state index in [0.29, 0.717) is 31.3 Å². The molecule has 6 nitrogen and oxygen atoms in total. The minimum Gasteiger partial charge on any atom is -0.383 e. The Morgan fingerprint density at radius 3 is 2.43 bits per heavy atom. The molecule has 1 heterocycles. The van der Waals surface area contributed by atoms with Gasteiger partial charge >= 0.3 is 0 Å². The molecule has 2 aromatic carbocycles. The molecule has 1 amide bonds. The van der Waals surface area contributed by atoms with E-state index >= 15 is 0 Å². The number of halogens is 1. The Hall–Kier alpha value is -2.67. The first-order chi connectivity index (χ1) is 14.5. The second-order valence-electron chi connectivity index (χ2n) is 7.28. The maximum atomic E-state index is 12.3. The molecule has 0 aliphatic carbocycles. The number of carbonyl (C=O) groups excluding carboxylic acids is 1. The van der Waals surface area contributed by atoms with Gasteiger partial charge in [0.1, 0.15) is 0 Å². The summed E-state index contributed by atoms with van der Waals surface area (Å²) in [6.07, 6.45) is 2.03. The molecular formula is C23H27ClN4O2. The number of benzene rings is 2. The first-order valence-electron chi connectivity index (χ1n) is 9.79. The van der Waals surface area contributed by atoms with Crippen molar-refractivity contribution >= 4 is 17.5 Å². The third kappa shape index (κ3) is 5.69. The average molecular weight is 427 g/mol. The molecule has 0 unspecified atom stereocenters. The van der Waals surface area contributed by atoms with Crippen LogP contribution in [0, 0.1) is 0 Å². The van der Waals surface area contributed by atoms with E-state index in [-0.39, 0.29) is 5.91 Å². The molecule has 3 rings (SSSR count). The number of para-hydroxylation sites is 1. The van der Waals surface area contributed by atoms with Gasteiger partial charge in [0.05, 0.1) is 24.5 Å². The fourth-order valence-electron chi connectivity index (χ4n) is 3.10. The van der Waals surface area contributed by atoms with Crippen LogP contribution in [0.25, 0.3) is 16.9 Å². The molecule has 0 spiro atoms. The normalized spacial score (nSPS) is 11.1. The molecule has 3 aromatic rings. The summed E-state index contributed by atoms with van der Waals surface area (Å²) in [4.78, 5) is 16.0. The largest absolute Gasteiger partial charge is 0.383 e. The minimum absolute atomic E-state index is 0.0506. The van der Waals surface area contributed by atoms with Crippen molar-refractivity contribution in [3.05, 3.63) is 71.4 Å². The van der Waals surface area contributed by atoms with Gasteiger partial charge in [0.25, 0.3) is 0 Å². The van der Waals surface area contributed by atoms with Crippen LogP contribution in [0.5, 0.6) is 0 Å². The lowest BCUT2D eigenvalue weighted by atomic mass is 10.1. The minimum atomic E-state index is 0.0506. The number of hydrogen-bond donors (Lipinski definition) is 0. The van der Waals surface area contributed by atoms with E-state index in [0.717, 1.165) is 22.5 Å². The van der Waals surface area contributed by atoms with Gasteiger partial charge in [-0.2, -0.15) is 5.10 Å². The molecule has 0 aliphatic heterocycles. The molecule has 1 aromatic heterocycles. The molecule has 158 valence electrons. The predicted octanol–water partition coefficient (Wildman–Crippen LogP) is 3.73. The highest BCUT2D eigenvalue weighted by molar-refractivity contribution is 6.30. The van der Waals surface area contributed by atoms with Gasteiger partial charge in [-0.25, -0.2) is 4.68 Å². The SMILES string of the molecule is COCCN(CC(=O)N(C)C)Cc1cn(-c2ccccc2)nc1-c1ccc(Cl)cc1. The van der Waals surface area contributed by atoms with Crippen molar-refractivity contribution in [2.75, 3.05) is 40.9 Å². The van der Waals surface area contributed by atoms with Crippen LogP contribution < -0.4 is 0 Å². The third-order valence-electron chi connectivity index (χ3n) is 4.79. The summed E-state index contributed by atoms with van der Waals surface area (Å²) in [6.45, 7) is 2.08. The lowest BCUT2D eigenvalue weighted by Crippen LogP contribution is -2.37. The fourth-order valence-corrected chi connectivity index (χ4v) is 3.22. The van der Waals surface area contributed by atoms with Gasteiger partial charge in [0.15, 0.2) is 0 Å². The Kier molecular flexibility index (Phi) is 7.63. The molecule has 0 aliphatic rings. The van der Waals surface area contributed by atoms with Gasteiger partial charge < -0.3 is 9.64 Å². The Morgan fingerprint density at radius 2 is 1.80 bits per heavy atom. The Bertz CT molecular complexity index is 955. The van der Waals surface area contributed by atoms with Crippen molar-refractivity contribution in [3.63, 3.8) is 0 Å². The quantitative estimate of drug-likeness (QED) is 0.523. The Labute approximate surface area is 182 Å². The van der Waals surface area contributed by atoms with Crippen LogP contribution in [0.15, 0.2) is 60.8 Å². The summed E-state index contributed by atoms with van der Waals surface area (Å²) < 4.78 is 7.13. The number of methoxy groups -OCH3 is 1. The first kappa shape index (κ1) is 22.0. The van der Waals surface area contributed by atoms with Crippen molar-refractivity contribution in [3.8, 4) is 16.9 Å². The molecule has 0 fully saturated rings. The molecule has 0 atom stereocenters. The van der Waals surface area contributed by atoms with E-state index in [1.165, 1.54) is 0 Å².